The van der Waals surface area contributed by atoms with E-state index in [0.717, 1.165) is 92.7 Å². The zero-order valence-corrected chi connectivity index (χ0v) is 31.5. The first kappa shape index (κ1) is 37.0. The normalized spacial score (nSPS) is 20.2. The van der Waals surface area contributed by atoms with E-state index in [4.69, 9.17) is 15.6 Å². The fraction of sp³-hybridized carbons (Fsp3) is 0.462. The molecular formula is C39H48N12O5. The molecule has 2 aromatic heterocycles. The van der Waals surface area contributed by atoms with Gasteiger partial charge in [-0.3, -0.25) is 24.5 Å². The highest BCUT2D eigenvalue weighted by molar-refractivity contribution is 6.09. The highest BCUT2D eigenvalue weighted by atomic mass is 16.5. The topological polar surface area (TPSA) is 196 Å². The predicted octanol–water partition coefficient (Wildman–Crippen LogP) is 4.06. The summed E-state index contributed by atoms with van der Waals surface area (Å²) in [6.07, 6.45) is 9.11. The van der Waals surface area contributed by atoms with E-state index < -0.39 is 5.91 Å². The van der Waals surface area contributed by atoms with E-state index in [1.165, 1.54) is 13.3 Å². The van der Waals surface area contributed by atoms with Crippen LogP contribution in [0, 0.1) is 0 Å². The molecule has 2 aromatic carbocycles. The molecule has 0 spiro atoms. The number of rotatable bonds is 9. The number of aromatic nitrogens is 4. The Hall–Kier alpha value is -5.97. The molecule has 1 atom stereocenters. The number of hydrogen-bond acceptors (Lipinski definition) is 12. The van der Waals surface area contributed by atoms with Gasteiger partial charge < -0.3 is 35.8 Å². The number of anilines is 5. The SMILES string of the molecule is COC(=O)N1CCC[C@@H](Nc2cnc(C(N)=O)c(Nc3ccc(N4CCC(N5CCC(n6ncc7c(N8CCC(=O)NC8=O)cccc76)CC5)CC4)cc3)n2)C1. The summed E-state index contributed by atoms with van der Waals surface area (Å²) < 4.78 is 7.01. The van der Waals surface area contributed by atoms with Crippen LogP contribution in [0.1, 0.15) is 61.5 Å². The molecule has 5 amide bonds. The first-order valence-corrected chi connectivity index (χ1v) is 19.4. The van der Waals surface area contributed by atoms with Gasteiger partial charge in [-0.2, -0.15) is 5.10 Å². The molecule has 4 fully saturated rings. The van der Waals surface area contributed by atoms with Gasteiger partial charge in [-0.1, -0.05) is 6.07 Å². The highest BCUT2D eigenvalue weighted by Gasteiger charge is 2.31. The Bertz CT molecular complexity index is 2090. The maximum atomic E-state index is 12.6. The third-order valence-corrected chi connectivity index (χ3v) is 11.5. The fourth-order valence-corrected chi connectivity index (χ4v) is 8.58. The van der Waals surface area contributed by atoms with Gasteiger partial charge in [0.25, 0.3) is 5.91 Å². The summed E-state index contributed by atoms with van der Waals surface area (Å²) in [5.41, 5.74) is 9.37. The number of piperidine rings is 3. The van der Waals surface area contributed by atoms with E-state index in [-0.39, 0.29) is 48.0 Å². The molecule has 4 aliphatic heterocycles. The predicted molar refractivity (Wildman–Crippen MR) is 211 cm³/mol. The molecule has 4 aromatic rings. The molecule has 0 unspecified atom stereocenters. The summed E-state index contributed by atoms with van der Waals surface area (Å²) in [5, 5.41) is 14.7. The van der Waals surface area contributed by atoms with Gasteiger partial charge >= 0.3 is 12.1 Å². The molecule has 5 N–H and O–H groups in total. The summed E-state index contributed by atoms with van der Waals surface area (Å²) >= 11 is 0. The molecule has 4 saturated heterocycles. The molecule has 6 heterocycles. The molecule has 8 rings (SSSR count). The summed E-state index contributed by atoms with van der Waals surface area (Å²) in [5.74, 6) is -0.186. The minimum atomic E-state index is -0.682. The largest absolute Gasteiger partial charge is 0.453 e. The van der Waals surface area contributed by atoms with Crippen molar-refractivity contribution < 1.29 is 23.9 Å². The Morgan fingerprint density at radius 3 is 2.41 bits per heavy atom. The van der Waals surface area contributed by atoms with Crippen molar-refractivity contribution in [2.45, 2.75) is 63.1 Å². The van der Waals surface area contributed by atoms with Crippen molar-refractivity contribution in [1.29, 1.82) is 0 Å². The number of ether oxygens (including phenoxy) is 1. The second kappa shape index (κ2) is 16.0. The quantitative estimate of drug-likeness (QED) is 0.191. The van der Waals surface area contributed by atoms with Crippen LogP contribution in [0.15, 0.2) is 54.9 Å². The van der Waals surface area contributed by atoms with Crippen molar-refractivity contribution in [2.24, 2.45) is 5.73 Å². The lowest BCUT2D eigenvalue weighted by Gasteiger charge is -2.42. The van der Waals surface area contributed by atoms with Gasteiger partial charge in [0.05, 0.1) is 36.7 Å². The van der Waals surface area contributed by atoms with Crippen LogP contribution in [-0.4, -0.2) is 118 Å². The number of methoxy groups -OCH3 is 1. The van der Waals surface area contributed by atoms with Crippen molar-refractivity contribution in [2.75, 3.05) is 73.4 Å². The van der Waals surface area contributed by atoms with Gasteiger partial charge in [0, 0.05) is 81.1 Å². The van der Waals surface area contributed by atoms with E-state index in [1.807, 2.05) is 30.5 Å². The van der Waals surface area contributed by atoms with Crippen LogP contribution < -0.4 is 31.5 Å². The number of carbonyl (C=O) groups is 4. The lowest BCUT2D eigenvalue weighted by molar-refractivity contribution is -0.120. The van der Waals surface area contributed by atoms with E-state index in [2.05, 4.69) is 58.6 Å². The summed E-state index contributed by atoms with van der Waals surface area (Å²) in [4.78, 5) is 65.8. The molecule has 56 heavy (non-hydrogen) atoms. The van der Waals surface area contributed by atoms with Gasteiger partial charge in [-0.15, -0.1) is 0 Å². The molecule has 0 saturated carbocycles. The second-order valence-electron chi connectivity index (χ2n) is 14.9. The number of urea groups is 1. The highest BCUT2D eigenvalue weighted by Crippen LogP contribution is 2.34. The number of likely N-dealkylation sites (tertiary alicyclic amines) is 2. The number of imide groups is 1. The van der Waals surface area contributed by atoms with Crippen molar-refractivity contribution in [3.63, 3.8) is 0 Å². The molecule has 0 radical (unpaired) electrons. The molecule has 0 aliphatic carbocycles. The number of nitrogens with one attached hydrogen (secondary N) is 3. The van der Waals surface area contributed by atoms with Gasteiger partial charge in [-0.25, -0.2) is 19.6 Å². The Morgan fingerprint density at radius 1 is 0.911 bits per heavy atom. The first-order chi connectivity index (χ1) is 27.2. The zero-order chi connectivity index (χ0) is 38.8. The van der Waals surface area contributed by atoms with Crippen LogP contribution in [0.25, 0.3) is 10.9 Å². The third-order valence-electron chi connectivity index (χ3n) is 11.5. The number of primary amides is 1. The number of fused-ring (bicyclic) bond motifs is 1. The summed E-state index contributed by atoms with van der Waals surface area (Å²) in [6.45, 7) is 5.41. The van der Waals surface area contributed by atoms with Crippen LogP contribution in [0.3, 0.4) is 0 Å². The van der Waals surface area contributed by atoms with E-state index >= 15 is 0 Å². The molecule has 0 bridgehead atoms. The minimum Gasteiger partial charge on any atom is -0.453 e. The van der Waals surface area contributed by atoms with Crippen LogP contribution in [0.2, 0.25) is 0 Å². The number of hydrogen-bond donors (Lipinski definition) is 4. The molecular weight excluding hydrogens is 717 g/mol. The van der Waals surface area contributed by atoms with Crippen molar-refractivity contribution in [3.8, 4) is 0 Å². The van der Waals surface area contributed by atoms with Gasteiger partial charge in [0.1, 0.15) is 5.82 Å². The van der Waals surface area contributed by atoms with Crippen molar-refractivity contribution in [1.82, 2.24) is 34.9 Å². The third kappa shape index (κ3) is 7.76. The van der Waals surface area contributed by atoms with E-state index in [0.29, 0.717) is 31.5 Å². The van der Waals surface area contributed by atoms with Crippen LogP contribution in [0.5, 0.6) is 0 Å². The average Bonchev–Trinajstić information content (AvgIpc) is 3.66. The minimum absolute atomic E-state index is 0.0371. The van der Waals surface area contributed by atoms with Crippen molar-refractivity contribution >= 4 is 63.5 Å². The average molecular weight is 765 g/mol. The first-order valence-electron chi connectivity index (χ1n) is 19.4. The number of nitrogens with two attached hydrogens (primary N) is 1. The van der Waals surface area contributed by atoms with E-state index in [9.17, 15) is 19.2 Å². The number of amides is 5. The Labute approximate surface area is 324 Å². The summed E-state index contributed by atoms with van der Waals surface area (Å²) in [7, 11) is 1.38. The van der Waals surface area contributed by atoms with Gasteiger partial charge in [0.15, 0.2) is 11.5 Å². The molecule has 17 heteroatoms. The Balaban J connectivity index is 0.841. The van der Waals surface area contributed by atoms with Crippen LogP contribution >= 0.6 is 0 Å². The van der Waals surface area contributed by atoms with Crippen LogP contribution in [-0.2, 0) is 9.53 Å². The zero-order valence-electron chi connectivity index (χ0n) is 31.5. The summed E-state index contributed by atoms with van der Waals surface area (Å²) in [6, 6.07) is 14.4. The van der Waals surface area contributed by atoms with Crippen LogP contribution in [0.4, 0.5) is 38.3 Å². The smallest absolute Gasteiger partial charge is 0.409 e. The Kier molecular flexibility index (Phi) is 10.6. The van der Waals surface area contributed by atoms with Gasteiger partial charge in [0.2, 0.25) is 5.91 Å². The maximum Gasteiger partial charge on any atom is 0.409 e. The second-order valence-corrected chi connectivity index (χ2v) is 14.9. The van der Waals surface area contributed by atoms with Gasteiger partial charge in [-0.05, 0) is 74.9 Å². The molecule has 17 nitrogen and oxygen atoms in total. The number of benzene rings is 2. The molecule has 294 valence electrons. The maximum absolute atomic E-state index is 12.6. The number of carbonyl (C=O) groups excluding carboxylic acids is 4. The molecule has 4 aliphatic rings. The van der Waals surface area contributed by atoms with Crippen molar-refractivity contribution in [3.05, 3.63) is 60.6 Å². The fourth-order valence-electron chi connectivity index (χ4n) is 8.58. The lowest BCUT2D eigenvalue weighted by atomic mass is 9.97. The van der Waals surface area contributed by atoms with E-state index in [1.54, 1.807) is 9.80 Å². The monoisotopic (exact) mass is 764 g/mol. The number of nitrogens with zero attached hydrogens (tertiary/aromatic N) is 8. The lowest BCUT2D eigenvalue weighted by Crippen LogP contribution is -2.49. The Morgan fingerprint density at radius 2 is 1.68 bits per heavy atom. The standard InChI is InChI=1S/C39H48N12O5/c1-56-39(55)49-16-3-4-26(24-49)43-33-23-41-35(36(40)53)37(45-33)44-25-7-9-27(10-8-25)47-17-11-28(12-18-47)48-19-13-29(14-20-48)51-32-6-2-5-31(30(32)22-42-51)50-21-15-34(52)46-38(50)54/h2,5-10,22-23,26,28-29H,3-4,11-21,24H2,1H3,(H2,40,53)(H2,43,44,45)(H,46,52,54)/t26-/m1/s1.